The zero-order chi connectivity index (χ0) is 9.61. The highest BCUT2D eigenvalue weighted by Gasteiger charge is 2.21. The molecule has 0 rings (SSSR count). The van der Waals surface area contributed by atoms with E-state index in [1.165, 1.54) is 0 Å². The van der Waals surface area contributed by atoms with Gasteiger partial charge in [-0.25, -0.2) is 0 Å². The van der Waals surface area contributed by atoms with Crippen molar-refractivity contribution in [3.63, 3.8) is 0 Å². The van der Waals surface area contributed by atoms with Gasteiger partial charge in [0.25, 0.3) is 0 Å². The minimum atomic E-state index is -3.28. The van der Waals surface area contributed by atoms with E-state index in [0.717, 1.165) is 12.8 Å². The third-order valence-corrected chi connectivity index (χ3v) is 3.37. The smallest absolute Gasteiger partial charge is 0.324 e. The topological polar surface area (TPSA) is 46.5 Å². The SMILES string of the molecule is CCCP(=O)(O)OC(CC)CC. The van der Waals surface area contributed by atoms with Crippen LogP contribution in [-0.2, 0) is 9.09 Å². The van der Waals surface area contributed by atoms with Gasteiger partial charge < -0.3 is 9.42 Å². The maximum Gasteiger partial charge on any atom is 0.328 e. The summed E-state index contributed by atoms with van der Waals surface area (Å²) in [6, 6.07) is 0. The molecule has 0 saturated carbocycles. The summed E-state index contributed by atoms with van der Waals surface area (Å²) in [5.41, 5.74) is 0. The van der Waals surface area contributed by atoms with E-state index in [0.29, 0.717) is 6.42 Å². The van der Waals surface area contributed by atoms with Gasteiger partial charge in [-0.05, 0) is 19.3 Å². The second-order valence-electron chi connectivity index (χ2n) is 2.90. The van der Waals surface area contributed by atoms with Crippen LogP contribution >= 0.6 is 7.60 Å². The quantitative estimate of drug-likeness (QED) is 0.661. The Bertz CT molecular complexity index is 154. The van der Waals surface area contributed by atoms with Gasteiger partial charge in [-0.3, -0.25) is 4.57 Å². The number of hydrogen-bond donors (Lipinski definition) is 1. The van der Waals surface area contributed by atoms with Crippen molar-refractivity contribution >= 4 is 7.60 Å². The minimum absolute atomic E-state index is 0.0626. The van der Waals surface area contributed by atoms with Crippen LogP contribution < -0.4 is 0 Å². The van der Waals surface area contributed by atoms with E-state index in [4.69, 9.17) is 4.52 Å². The minimum Gasteiger partial charge on any atom is -0.324 e. The first-order chi connectivity index (χ1) is 5.55. The van der Waals surface area contributed by atoms with Crippen molar-refractivity contribution in [2.75, 3.05) is 6.16 Å². The Morgan fingerprint density at radius 1 is 1.33 bits per heavy atom. The van der Waals surface area contributed by atoms with Crippen molar-refractivity contribution in [1.29, 1.82) is 0 Å². The Morgan fingerprint density at radius 3 is 2.17 bits per heavy atom. The van der Waals surface area contributed by atoms with Gasteiger partial charge in [-0.1, -0.05) is 20.8 Å². The van der Waals surface area contributed by atoms with Crippen molar-refractivity contribution in [3.8, 4) is 0 Å². The lowest BCUT2D eigenvalue weighted by molar-refractivity contribution is 0.166. The van der Waals surface area contributed by atoms with Crippen LogP contribution in [0.25, 0.3) is 0 Å². The molecular weight excluding hydrogens is 175 g/mol. The molecule has 0 aliphatic carbocycles. The van der Waals surface area contributed by atoms with Crippen molar-refractivity contribution in [2.24, 2.45) is 0 Å². The summed E-state index contributed by atoms with van der Waals surface area (Å²) in [7, 11) is -3.28. The first kappa shape index (κ1) is 12.2. The van der Waals surface area contributed by atoms with Crippen LogP contribution in [0.2, 0.25) is 0 Å². The summed E-state index contributed by atoms with van der Waals surface area (Å²) in [5, 5.41) is 0. The van der Waals surface area contributed by atoms with Gasteiger partial charge in [0.15, 0.2) is 0 Å². The fourth-order valence-corrected chi connectivity index (χ4v) is 2.44. The molecule has 0 heterocycles. The molecule has 3 nitrogen and oxygen atoms in total. The van der Waals surface area contributed by atoms with Crippen molar-refractivity contribution in [1.82, 2.24) is 0 Å². The highest BCUT2D eigenvalue weighted by molar-refractivity contribution is 7.52. The monoisotopic (exact) mass is 194 g/mol. The molecular formula is C8H19O3P. The predicted octanol–water partition coefficient (Wildman–Crippen LogP) is 2.79. The normalized spacial score (nSPS) is 16.4. The summed E-state index contributed by atoms with van der Waals surface area (Å²) in [5.74, 6) is 0. The average Bonchev–Trinajstić information content (AvgIpc) is 2.00. The van der Waals surface area contributed by atoms with Gasteiger partial charge in [-0.15, -0.1) is 0 Å². The van der Waals surface area contributed by atoms with Gasteiger partial charge in [0.1, 0.15) is 0 Å². The van der Waals surface area contributed by atoms with Crippen LogP contribution in [-0.4, -0.2) is 17.2 Å². The van der Waals surface area contributed by atoms with Crippen molar-refractivity contribution < 1.29 is 14.0 Å². The van der Waals surface area contributed by atoms with E-state index in [-0.39, 0.29) is 12.3 Å². The molecule has 0 spiro atoms. The van der Waals surface area contributed by atoms with Gasteiger partial charge in [0, 0.05) is 6.16 Å². The summed E-state index contributed by atoms with van der Waals surface area (Å²) < 4.78 is 16.4. The van der Waals surface area contributed by atoms with Crippen molar-refractivity contribution in [3.05, 3.63) is 0 Å². The average molecular weight is 194 g/mol. The molecule has 1 N–H and O–H groups in total. The summed E-state index contributed by atoms with van der Waals surface area (Å²) in [6.07, 6.45) is 2.49. The molecule has 0 aromatic rings. The molecule has 0 aromatic carbocycles. The Hall–Kier alpha value is 0.150. The Labute approximate surface area is 74.7 Å². The lowest BCUT2D eigenvalue weighted by atomic mass is 10.2. The van der Waals surface area contributed by atoms with Crippen LogP contribution in [0.5, 0.6) is 0 Å². The molecule has 1 unspecified atom stereocenters. The fraction of sp³-hybridized carbons (Fsp3) is 1.00. The Morgan fingerprint density at radius 2 is 1.83 bits per heavy atom. The van der Waals surface area contributed by atoms with Crippen LogP contribution in [0.15, 0.2) is 0 Å². The molecule has 4 heteroatoms. The van der Waals surface area contributed by atoms with E-state index < -0.39 is 7.60 Å². The maximum absolute atomic E-state index is 11.3. The second kappa shape index (κ2) is 5.74. The number of hydrogen-bond acceptors (Lipinski definition) is 2. The van der Waals surface area contributed by atoms with Gasteiger partial charge >= 0.3 is 7.60 Å². The number of rotatable bonds is 6. The first-order valence-electron chi connectivity index (χ1n) is 4.55. The molecule has 0 amide bonds. The molecule has 0 bridgehead atoms. The van der Waals surface area contributed by atoms with Gasteiger partial charge in [0.05, 0.1) is 6.10 Å². The van der Waals surface area contributed by atoms with E-state index in [1.807, 2.05) is 20.8 Å². The predicted molar refractivity (Wildman–Crippen MR) is 50.4 cm³/mol. The third kappa shape index (κ3) is 4.91. The third-order valence-electron chi connectivity index (χ3n) is 1.73. The maximum atomic E-state index is 11.3. The molecule has 0 fully saturated rings. The molecule has 12 heavy (non-hydrogen) atoms. The Balaban J connectivity index is 3.94. The summed E-state index contributed by atoms with van der Waals surface area (Å²) in [4.78, 5) is 9.28. The van der Waals surface area contributed by atoms with E-state index in [2.05, 4.69) is 0 Å². The van der Waals surface area contributed by atoms with Crippen LogP contribution in [0.4, 0.5) is 0 Å². The lowest BCUT2D eigenvalue weighted by Crippen LogP contribution is -2.09. The highest BCUT2D eigenvalue weighted by atomic mass is 31.2. The van der Waals surface area contributed by atoms with Gasteiger partial charge in [0.2, 0.25) is 0 Å². The molecule has 0 radical (unpaired) electrons. The van der Waals surface area contributed by atoms with Crippen molar-refractivity contribution in [2.45, 2.75) is 46.1 Å². The fourth-order valence-electron chi connectivity index (χ4n) is 1.01. The summed E-state index contributed by atoms with van der Waals surface area (Å²) >= 11 is 0. The zero-order valence-electron chi connectivity index (χ0n) is 8.12. The lowest BCUT2D eigenvalue weighted by Gasteiger charge is -2.18. The molecule has 0 aromatic heterocycles. The van der Waals surface area contributed by atoms with Crippen LogP contribution in [0, 0.1) is 0 Å². The van der Waals surface area contributed by atoms with E-state index in [1.54, 1.807) is 0 Å². The highest BCUT2D eigenvalue weighted by Crippen LogP contribution is 2.44. The zero-order valence-corrected chi connectivity index (χ0v) is 9.01. The molecule has 1 atom stereocenters. The standard InChI is InChI=1S/C8H19O3P/c1-4-7-12(9,10)11-8(5-2)6-3/h8H,4-7H2,1-3H3,(H,9,10). The van der Waals surface area contributed by atoms with Crippen LogP contribution in [0.3, 0.4) is 0 Å². The largest absolute Gasteiger partial charge is 0.328 e. The molecule has 74 valence electrons. The Kier molecular flexibility index (Phi) is 5.81. The van der Waals surface area contributed by atoms with E-state index >= 15 is 0 Å². The second-order valence-corrected chi connectivity index (χ2v) is 4.84. The summed E-state index contributed by atoms with van der Waals surface area (Å²) in [6.45, 7) is 5.79. The molecule has 0 aliphatic heterocycles. The first-order valence-corrected chi connectivity index (χ1v) is 6.32. The molecule has 0 saturated heterocycles. The van der Waals surface area contributed by atoms with Crippen LogP contribution in [0.1, 0.15) is 40.0 Å². The van der Waals surface area contributed by atoms with Gasteiger partial charge in [-0.2, -0.15) is 0 Å². The molecule has 0 aliphatic rings. The van der Waals surface area contributed by atoms with E-state index in [9.17, 15) is 9.46 Å².